The summed E-state index contributed by atoms with van der Waals surface area (Å²) in [5, 5.41) is 18.4. The Kier molecular flexibility index (Phi) is 2.10. The molecule has 2 aliphatic rings. The first-order valence-electron chi connectivity index (χ1n) is 4.81. The molecule has 0 radical (unpaired) electrons. The minimum atomic E-state index is 0.0490. The largest absolute Gasteiger partial charge is 0.395 e. The fraction of sp³-hybridized carbons (Fsp3) is 1.00. The molecule has 2 N–H and O–H groups in total. The van der Waals surface area contributed by atoms with Crippen LogP contribution in [0.4, 0.5) is 0 Å². The normalized spacial score (nSPS) is 42.0. The van der Waals surface area contributed by atoms with E-state index in [1.54, 1.807) is 0 Å². The molecule has 2 saturated heterocycles. The van der Waals surface area contributed by atoms with E-state index in [9.17, 15) is 5.11 Å². The molecule has 2 atom stereocenters. The van der Waals surface area contributed by atoms with Gasteiger partial charge >= 0.3 is 0 Å². The highest BCUT2D eigenvalue weighted by molar-refractivity contribution is 5.03. The predicted octanol–water partition coefficient (Wildman–Crippen LogP) is -0.0320. The van der Waals surface area contributed by atoms with Gasteiger partial charge in [-0.3, -0.25) is 4.90 Å². The highest BCUT2D eigenvalue weighted by Crippen LogP contribution is 2.41. The molecule has 2 fully saturated rings. The second-order valence-electron chi connectivity index (χ2n) is 4.05. The van der Waals surface area contributed by atoms with Crippen molar-refractivity contribution in [3.8, 4) is 0 Å². The molecule has 3 nitrogen and oxygen atoms in total. The minimum absolute atomic E-state index is 0.0490. The van der Waals surface area contributed by atoms with Crippen LogP contribution < -0.4 is 0 Å². The molecule has 0 bridgehead atoms. The molecular weight excluding hydrogens is 154 g/mol. The lowest BCUT2D eigenvalue weighted by molar-refractivity contribution is 0.0590. The van der Waals surface area contributed by atoms with E-state index in [1.807, 2.05) is 0 Å². The van der Waals surface area contributed by atoms with Crippen LogP contribution in [0.3, 0.4) is 0 Å². The van der Waals surface area contributed by atoms with Crippen LogP contribution >= 0.6 is 0 Å². The first-order valence-corrected chi connectivity index (χ1v) is 4.81. The molecule has 2 aliphatic heterocycles. The first-order chi connectivity index (χ1) is 5.82. The molecule has 0 aromatic heterocycles. The fourth-order valence-corrected chi connectivity index (χ4v) is 2.83. The molecule has 2 heterocycles. The Hall–Kier alpha value is -0.120. The van der Waals surface area contributed by atoms with Crippen molar-refractivity contribution in [3.05, 3.63) is 0 Å². The van der Waals surface area contributed by atoms with Crippen molar-refractivity contribution < 1.29 is 10.2 Å². The molecule has 0 aromatic rings. The highest BCUT2D eigenvalue weighted by Gasteiger charge is 2.48. The Labute approximate surface area is 73.0 Å². The summed E-state index contributed by atoms with van der Waals surface area (Å²) in [7, 11) is 0. The van der Waals surface area contributed by atoms with Gasteiger partial charge in [0.1, 0.15) is 0 Å². The van der Waals surface area contributed by atoms with Gasteiger partial charge in [0.05, 0.1) is 13.2 Å². The van der Waals surface area contributed by atoms with Crippen molar-refractivity contribution in [2.24, 2.45) is 0 Å². The van der Waals surface area contributed by atoms with Gasteiger partial charge in [0, 0.05) is 11.6 Å². The lowest BCUT2D eigenvalue weighted by atomic mass is 9.95. The monoisotopic (exact) mass is 171 g/mol. The van der Waals surface area contributed by atoms with Crippen molar-refractivity contribution in [2.45, 2.75) is 37.3 Å². The summed E-state index contributed by atoms with van der Waals surface area (Å²) in [6, 6.07) is 0.319. The van der Waals surface area contributed by atoms with E-state index in [1.165, 1.54) is 6.42 Å². The molecule has 0 aromatic carbocycles. The Morgan fingerprint density at radius 3 is 2.83 bits per heavy atom. The zero-order valence-corrected chi connectivity index (χ0v) is 7.37. The summed E-state index contributed by atoms with van der Waals surface area (Å²) < 4.78 is 0. The van der Waals surface area contributed by atoms with E-state index >= 15 is 0 Å². The average Bonchev–Trinajstić information content (AvgIpc) is 2.61. The minimum Gasteiger partial charge on any atom is -0.395 e. The van der Waals surface area contributed by atoms with E-state index in [0.29, 0.717) is 6.04 Å². The van der Waals surface area contributed by atoms with Gasteiger partial charge in [-0.25, -0.2) is 0 Å². The maximum atomic E-state index is 9.32. The van der Waals surface area contributed by atoms with Crippen LogP contribution in [0.15, 0.2) is 0 Å². The van der Waals surface area contributed by atoms with Crippen LogP contribution in [0, 0.1) is 0 Å². The lowest BCUT2D eigenvalue weighted by Gasteiger charge is -2.32. The predicted molar refractivity (Wildman–Crippen MR) is 45.9 cm³/mol. The Bertz CT molecular complexity index is 174. The highest BCUT2D eigenvalue weighted by atomic mass is 16.3. The van der Waals surface area contributed by atoms with Gasteiger partial charge in [-0.15, -0.1) is 0 Å². The molecule has 3 heteroatoms. The fourth-order valence-electron chi connectivity index (χ4n) is 2.83. The molecule has 0 aliphatic carbocycles. The number of hydrogen-bond donors (Lipinski definition) is 2. The summed E-state index contributed by atoms with van der Waals surface area (Å²) in [5.74, 6) is 0. The van der Waals surface area contributed by atoms with E-state index < -0.39 is 0 Å². The summed E-state index contributed by atoms with van der Waals surface area (Å²) in [6.45, 7) is 1.58. The van der Waals surface area contributed by atoms with Gasteiger partial charge in [0.25, 0.3) is 0 Å². The summed E-state index contributed by atoms with van der Waals surface area (Å²) in [6.07, 6.45) is 4.41. The summed E-state index contributed by atoms with van der Waals surface area (Å²) in [4.78, 5) is 2.31. The van der Waals surface area contributed by atoms with Crippen molar-refractivity contribution in [1.82, 2.24) is 4.90 Å². The molecule has 0 spiro atoms. The Morgan fingerprint density at radius 2 is 2.17 bits per heavy atom. The van der Waals surface area contributed by atoms with Crippen molar-refractivity contribution >= 4 is 0 Å². The van der Waals surface area contributed by atoms with E-state index in [4.69, 9.17) is 5.11 Å². The van der Waals surface area contributed by atoms with Crippen LogP contribution in [-0.4, -0.2) is 46.5 Å². The van der Waals surface area contributed by atoms with Gasteiger partial charge < -0.3 is 10.2 Å². The second kappa shape index (κ2) is 2.98. The molecule has 0 unspecified atom stereocenters. The van der Waals surface area contributed by atoms with Gasteiger partial charge in [0.2, 0.25) is 0 Å². The summed E-state index contributed by atoms with van der Waals surface area (Å²) in [5.41, 5.74) is 0.0490. The van der Waals surface area contributed by atoms with Crippen molar-refractivity contribution in [3.63, 3.8) is 0 Å². The lowest BCUT2D eigenvalue weighted by Crippen LogP contribution is -2.46. The quantitative estimate of drug-likeness (QED) is 0.613. The molecule has 0 saturated carbocycles. The number of hydrogen-bond acceptors (Lipinski definition) is 3. The van der Waals surface area contributed by atoms with Crippen molar-refractivity contribution in [2.75, 3.05) is 19.8 Å². The Balaban J connectivity index is 2.14. The van der Waals surface area contributed by atoms with Crippen LogP contribution in [0.2, 0.25) is 0 Å². The first kappa shape index (κ1) is 8.48. The third kappa shape index (κ3) is 1.00. The van der Waals surface area contributed by atoms with Gasteiger partial charge in [-0.05, 0) is 32.2 Å². The molecule has 70 valence electrons. The molecule has 12 heavy (non-hydrogen) atoms. The topological polar surface area (TPSA) is 43.7 Å². The molecular formula is C9H17NO2. The van der Waals surface area contributed by atoms with Crippen LogP contribution in [0.5, 0.6) is 0 Å². The number of fused-ring (bicyclic) bond motifs is 1. The van der Waals surface area contributed by atoms with E-state index in [2.05, 4.69) is 4.90 Å². The van der Waals surface area contributed by atoms with Crippen LogP contribution in [-0.2, 0) is 0 Å². The maximum Gasteiger partial charge on any atom is 0.0615 e. The van der Waals surface area contributed by atoms with Gasteiger partial charge in [0.15, 0.2) is 0 Å². The standard InChI is InChI=1S/C9H17NO2/c11-6-8-2-4-9(7-12)3-1-5-10(8)9/h8,11-12H,1-7H2/t8-,9-/m0/s1. The number of rotatable bonds is 2. The van der Waals surface area contributed by atoms with Crippen LogP contribution in [0.1, 0.15) is 25.7 Å². The van der Waals surface area contributed by atoms with Crippen molar-refractivity contribution in [1.29, 1.82) is 0 Å². The van der Waals surface area contributed by atoms with E-state index in [-0.39, 0.29) is 18.8 Å². The smallest absolute Gasteiger partial charge is 0.0615 e. The number of aliphatic hydroxyl groups is 2. The van der Waals surface area contributed by atoms with Gasteiger partial charge in [-0.1, -0.05) is 0 Å². The number of nitrogens with zero attached hydrogens (tertiary/aromatic N) is 1. The van der Waals surface area contributed by atoms with E-state index in [0.717, 1.165) is 25.8 Å². The third-order valence-corrected chi connectivity index (χ3v) is 3.54. The number of aliphatic hydroxyl groups excluding tert-OH is 2. The zero-order valence-electron chi connectivity index (χ0n) is 7.37. The maximum absolute atomic E-state index is 9.32. The third-order valence-electron chi connectivity index (χ3n) is 3.54. The second-order valence-corrected chi connectivity index (χ2v) is 4.05. The molecule has 0 amide bonds. The average molecular weight is 171 g/mol. The van der Waals surface area contributed by atoms with Crippen LogP contribution in [0.25, 0.3) is 0 Å². The zero-order chi connectivity index (χ0) is 8.60. The SMILES string of the molecule is OC[C@@H]1CC[C@]2(CO)CCCN12. The molecule has 2 rings (SSSR count). The summed E-state index contributed by atoms with van der Waals surface area (Å²) >= 11 is 0. The Morgan fingerprint density at radius 1 is 1.33 bits per heavy atom. The van der Waals surface area contributed by atoms with Gasteiger partial charge in [-0.2, -0.15) is 0 Å².